The molecule has 1 N–H and O–H groups in total. The largest absolute Gasteiger partial charge is 0.341 e. The molecule has 3 saturated heterocycles. The fourth-order valence-corrected chi connectivity index (χ4v) is 5.90. The molecule has 184 valence electrons. The molecule has 1 aromatic carbocycles. The number of rotatable bonds is 5. The van der Waals surface area contributed by atoms with E-state index in [-0.39, 0.29) is 23.1 Å². The molecule has 3 heterocycles. The van der Waals surface area contributed by atoms with Crippen molar-refractivity contribution in [1.82, 2.24) is 19.6 Å². The lowest BCUT2D eigenvalue weighted by molar-refractivity contribution is -0.142. The number of carbonyl (C=O) groups is 3. The van der Waals surface area contributed by atoms with Gasteiger partial charge in [-0.1, -0.05) is 18.2 Å². The summed E-state index contributed by atoms with van der Waals surface area (Å²) in [6, 6.07) is 9.35. The molecule has 1 atom stereocenters. The van der Waals surface area contributed by atoms with Crippen molar-refractivity contribution in [2.75, 3.05) is 71.3 Å². The van der Waals surface area contributed by atoms with Gasteiger partial charge < -0.3 is 20.0 Å². The molecule has 4 aliphatic rings. The standard InChI is InChI=1S/C26H37N5O3/c1-28-14-16-29(17-15-28)18-22(32)30-12-5-8-25(19-30)11-13-31(20-25)24(34)26(9-10-26)23(33)27-21-6-3-2-4-7-21/h2-4,6-7H,5,8-20H2,1H3,(H,27,33). The Labute approximate surface area is 202 Å². The van der Waals surface area contributed by atoms with Gasteiger partial charge in [-0.25, -0.2) is 0 Å². The van der Waals surface area contributed by atoms with Crippen LogP contribution in [0.1, 0.15) is 32.1 Å². The smallest absolute Gasteiger partial charge is 0.240 e. The molecule has 3 amide bonds. The average molecular weight is 468 g/mol. The molecular weight excluding hydrogens is 430 g/mol. The van der Waals surface area contributed by atoms with Crippen molar-refractivity contribution in [3.8, 4) is 0 Å². The topological polar surface area (TPSA) is 76.2 Å². The van der Waals surface area contributed by atoms with E-state index in [1.54, 1.807) is 0 Å². The fraction of sp³-hybridized carbons (Fsp3) is 0.654. The molecule has 4 fully saturated rings. The first-order chi connectivity index (χ1) is 16.4. The zero-order chi connectivity index (χ0) is 23.8. The fourth-order valence-electron chi connectivity index (χ4n) is 5.90. The summed E-state index contributed by atoms with van der Waals surface area (Å²) in [5, 5.41) is 2.94. The van der Waals surface area contributed by atoms with Gasteiger partial charge in [0.2, 0.25) is 17.7 Å². The molecule has 1 aliphatic carbocycles. The summed E-state index contributed by atoms with van der Waals surface area (Å²) >= 11 is 0. The lowest BCUT2D eigenvalue weighted by atomic mass is 9.79. The highest BCUT2D eigenvalue weighted by Gasteiger charge is 2.59. The van der Waals surface area contributed by atoms with Crippen LogP contribution in [0.2, 0.25) is 0 Å². The number of nitrogens with one attached hydrogen (secondary N) is 1. The van der Waals surface area contributed by atoms with Crippen molar-refractivity contribution in [3.63, 3.8) is 0 Å². The summed E-state index contributed by atoms with van der Waals surface area (Å²) in [6.45, 7) is 7.27. The SMILES string of the molecule is CN1CCN(CC(=O)N2CCCC3(CCN(C(=O)C4(C(=O)Nc5ccccc5)CC4)C3)C2)CC1. The van der Waals surface area contributed by atoms with Crippen LogP contribution in [0.15, 0.2) is 30.3 Å². The third kappa shape index (κ3) is 4.70. The summed E-state index contributed by atoms with van der Waals surface area (Å²) in [7, 11) is 2.12. The second-order valence-electron chi connectivity index (χ2n) is 10.9. The Hall–Kier alpha value is -2.45. The minimum Gasteiger partial charge on any atom is -0.341 e. The minimum absolute atomic E-state index is 0.0290. The van der Waals surface area contributed by atoms with Crippen molar-refractivity contribution in [2.24, 2.45) is 10.8 Å². The Morgan fingerprint density at radius 2 is 1.56 bits per heavy atom. The van der Waals surface area contributed by atoms with E-state index in [4.69, 9.17) is 0 Å². The number of hydrogen-bond acceptors (Lipinski definition) is 5. The first kappa shape index (κ1) is 23.3. The van der Waals surface area contributed by atoms with Crippen LogP contribution in [-0.2, 0) is 14.4 Å². The molecule has 0 aromatic heterocycles. The molecule has 1 aromatic rings. The number of likely N-dealkylation sites (N-methyl/N-ethyl adjacent to an activating group) is 1. The maximum Gasteiger partial charge on any atom is 0.240 e. The molecule has 1 spiro atoms. The van der Waals surface area contributed by atoms with E-state index >= 15 is 0 Å². The number of para-hydroxylation sites is 1. The van der Waals surface area contributed by atoms with Crippen molar-refractivity contribution < 1.29 is 14.4 Å². The summed E-state index contributed by atoms with van der Waals surface area (Å²) in [5.74, 6) is 0.00488. The molecule has 8 heteroatoms. The van der Waals surface area contributed by atoms with Crippen LogP contribution in [0.25, 0.3) is 0 Å². The summed E-state index contributed by atoms with van der Waals surface area (Å²) in [6.07, 6.45) is 4.16. The number of carbonyl (C=O) groups excluding carboxylic acids is 3. The number of likely N-dealkylation sites (tertiary alicyclic amines) is 2. The summed E-state index contributed by atoms with van der Waals surface area (Å²) < 4.78 is 0. The van der Waals surface area contributed by atoms with Crippen LogP contribution in [0.3, 0.4) is 0 Å². The van der Waals surface area contributed by atoms with Crippen LogP contribution in [0, 0.1) is 10.8 Å². The molecule has 3 aliphatic heterocycles. The van der Waals surface area contributed by atoms with E-state index in [0.717, 1.165) is 64.2 Å². The molecule has 1 saturated carbocycles. The highest BCUT2D eigenvalue weighted by Crippen LogP contribution is 2.50. The number of piperazine rings is 1. The zero-order valence-electron chi connectivity index (χ0n) is 20.3. The van der Waals surface area contributed by atoms with Gasteiger partial charge in [0.25, 0.3) is 0 Å². The average Bonchev–Trinajstić information content (AvgIpc) is 3.57. The molecule has 1 unspecified atom stereocenters. The van der Waals surface area contributed by atoms with Gasteiger partial charge >= 0.3 is 0 Å². The monoisotopic (exact) mass is 467 g/mol. The molecular formula is C26H37N5O3. The third-order valence-corrected chi connectivity index (χ3v) is 8.32. The van der Waals surface area contributed by atoms with Gasteiger partial charge in [-0.05, 0) is 51.3 Å². The first-order valence-electron chi connectivity index (χ1n) is 12.7. The molecule has 8 nitrogen and oxygen atoms in total. The maximum absolute atomic E-state index is 13.5. The lowest BCUT2D eigenvalue weighted by Crippen LogP contribution is -2.53. The van der Waals surface area contributed by atoms with Gasteiger partial charge in [0.15, 0.2) is 0 Å². The Balaban J connectivity index is 1.18. The second-order valence-corrected chi connectivity index (χ2v) is 10.9. The molecule has 5 rings (SSSR count). The minimum atomic E-state index is -0.910. The highest BCUT2D eigenvalue weighted by molar-refractivity contribution is 6.13. The van der Waals surface area contributed by atoms with Crippen molar-refractivity contribution in [3.05, 3.63) is 30.3 Å². The van der Waals surface area contributed by atoms with Gasteiger partial charge in [0.1, 0.15) is 5.41 Å². The van der Waals surface area contributed by atoms with Crippen LogP contribution in [0.4, 0.5) is 5.69 Å². The summed E-state index contributed by atoms with van der Waals surface area (Å²) in [5.41, 5.74) is -0.212. The molecule has 0 bridgehead atoms. The number of amides is 3. The quantitative estimate of drug-likeness (QED) is 0.664. The number of piperidine rings is 1. The van der Waals surface area contributed by atoms with Gasteiger partial charge in [0, 0.05) is 63.5 Å². The number of benzene rings is 1. The Morgan fingerprint density at radius 1 is 0.853 bits per heavy atom. The summed E-state index contributed by atoms with van der Waals surface area (Å²) in [4.78, 5) is 48.0. The van der Waals surface area contributed by atoms with Gasteiger partial charge in [-0.15, -0.1) is 0 Å². The number of hydrogen-bond donors (Lipinski definition) is 1. The van der Waals surface area contributed by atoms with E-state index in [9.17, 15) is 14.4 Å². The molecule has 34 heavy (non-hydrogen) atoms. The van der Waals surface area contributed by atoms with E-state index in [1.165, 1.54) is 0 Å². The Bertz CT molecular complexity index is 926. The number of nitrogens with zero attached hydrogens (tertiary/aromatic N) is 4. The normalized spacial score (nSPS) is 27.1. The van der Waals surface area contributed by atoms with E-state index < -0.39 is 5.41 Å². The molecule has 0 radical (unpaired) electrons. The van der Waals surface area contributed by atoms with Crippen molar-refractivity contribution in [2.45, 2.75) is 32.1 Å². The van der Waals surface area contributed by atoms with Gasteiger partial charge in [0.05, 0.1) is 6.54 Å². The Morgan fingerprint density at radius 3 is 2.26 bits per heavy atom. The zero-order valence-corrected chi connectivity index (χ0v) is 20.3. The van der Waals surface area contributed by atoms with Crippen LogP contribution in [0.5, 0.6) is 0 Å². The van der Waals surface area contributed by atoms with Gasteiger partial charge in [-0.3, -0.25) is 19.3 Å². The van der Waals surface area contributed by atoms with Crippen molar-refractivity contribution >= 4 is 23.4 Å². The Kier molecular flexibility index (Phi) is 6.37. The number of anilines is 1. The van der Waals surface area contributed by atoms with Gasteiger partial charge in [-0.2, -0.15) is 0 Å². The van der Waals surface area contributed by atoms with Crippen LogP contribution < -0.4 is 5.32 Å². The van der Waals surface area contributed by atoms with E-state index in [2.05, 4.69) is 22.2 Å². The maximum atomic E-state index is 13.5. The van der Waals surface area contributed by atoms with Crippen molar-refractivity contribution in [1.29, 1.82) is 0 Å². The third-order valence-electron chi connectivity index (χ3n) is 8.32. The van der Waals surface area contributed by atoms with E-state index in [1.807, 2.05) is 40.1 Å². The van der Waals surface area contributed by atoms with Crippen LogP contribution in [-0.4, -0.2) is 103 Å². The lowest BCUT2D eigenvalue weighted by Gasteiger charge is -2.41. The van der Waals surface area contributed by atoms with Crippen LogP contribution >= 0.6 is 0 Å². The predicted octanol–water partition coefficient (Wildman–Crippen LogP) is 1.49. The first-order valence-corrected chi connectivity index (χ1v) is 12.7. The predicted molar refractivity (Wildman–Crippen MR) is 130 cm³/mol. The second kappa shape index (κ2) is 9.30. The highest BCUT2D eigenvalue weighted by atomic mass is 16.2. The van der Waals surface area contributed by atoms with E-state index in [0.29, 0.717) is 32.5 Å².